The molecule has 0 saturated carbocycles. The second-order valence-electron chi connectivity index (χ2n) is 6.19. The molecule has 0 atom stereocenters. The van der Waals surface area contributed by atoms with Gasteiger partial charge in [0.25, 0.3) is 17.5 Å². The van der Waals surface area contributed by atoms with E-state index < -0.39 is 11.8 Å². The molecule has 7 nitrogen and oxygen atoms in total. The summed E-state index contributed by atoms with van der Waals surface area (Å²) in [6.45, 7) is 3.74. The van der Waals surface area contributed by atoms with E-state index in [9.17, 15) is 9.59 Å². The Morgan fingerprint density at radius 3 is 2.46 bits per heavy atom. The number of thiophene rings is 1. The van der Waals surface area contributed by atoms with Gasteiger partial charge in [0.2, 0.25) is 0 Å². The van der Waals surface area contributed by atoms with Crippen LogP contribution < -0.4 is 10.9 Å². The smallest absolute Gasteiger partial charge is 0.270 e. The quantitative estimate of drug-likeness (QED) is 0.519. The molecule has 0 aliphatic carbocycles. The molecule has 1 aromatic carbocycles. The first-order valence-electron chi connectivity index (χ1n) is 8.52. The standard InChI is InChI=1S/C20H16N4O3S/c1-11-8-9-16(28-11)15-10-14(17-12(2)24-27-20(17)21-15)19(26)23-22-18(25)13-6-4-3-5-7-13/h3-10H,1-2H3,(H,22,25)(H,23,26). The van der Waals surface area contributed by atoms with Crippen LogP contribution in [-0.4, -0.2) is 22.0 Å². The van der Waals surface area contributed by atoms with Crippen molar-refractivity contribution in [3.05, 3.63) is 70.2 Å². The van der Waals surface area contributed by atoms with Crippen molar-refractivity contribution < 1.29 is 14.1 Å². The molecule has 4 rings (SSSR count). The zero-order valence-corrected chi connectivity index (χ0v) is 16.0. The summed E-state index contributed by atoms with van der Waals surface area (Å²) < 4.78 is 5.28. The monoisotopic (exact) mass is 392 g/mol. The van der Waals surface area contributed by atoms with Gasteiger partial charge in [0.05, 0.1) is 27.2 Å². The number of aryl methyl sites for hydroxylation is 2. The first kappa shape index (κ1) is 17.9. The molecule has 3 aromatic heterocycles. The van der Waals surface area contributed by atoms with Crippen LogP contribution in [0.25, 0.3) is 21.7 Å². The predicted molar refractivity (Wildman–Crippen MR) is 106 cm³/mol. The zero-order valence-electron chi connectivity index (χ0n) is 15.1. The van der Waals surface area contributed by atoms with Crippen LogP contribution in [0.4, 0.5) is 0 Å². The summed E-state index contributed by atoms with van der Waals surface area (Å²) in [5.41, 5.74) is 7.10. The van der Waals surface area contributed by atoms with Gasteiger partial charge in [-0.1, -0.05) is 23.4 Å². The summed E-state index contributed by atoms with van der Waals surface area (Å²) in [5, 5.41) is 4.44. The second-order valence-corrected chi connectivity index (χ2v) is 7.48. The summed E-state index contributed by atoms with van der Waals surface area (Å²) in [6.07, 6.45) is 0. The number of hydrazine groups is 1. The Kier molecular flexibility index (Phi) is 4.62. The van der Waals surface area contributed by atoms with Crippen LogP contribution in [0.15, 0.2) is 53.1 Å². The molecule has 0 radical (unpaired) electrons. The highest BCUT2D eigenvalue weighted by atomic mass is 32.1. The van der Waals surface area contributed by atoms with Crippen LogP contribution >= 0.6 is 11.3 Å². The highest BCUT2D eigenvalue weighted by Gasteiger charge is 2.20. The third-order valence-electron chi connectivity index (χ3n) is 4.18. The highest BCUT2D eigenvalue weighted by molar-refractivity contribution is 7.15. The lowest BCUT2D eigenvalue weighted by molar-refractivity contribution is 0.0847. The number of rotatable bonds is 3. The van der Waals surface area contributed by atoms with Crippen molar-refractivity contribution in [2.75, 3.05) is 0 Å². The van der Waals surface area contributed by atoms with E-state index in [1.54, 1.807) is 48.6 Å². The number of benzene rings is 1. The minimum absolute atomic E-state index is 0.278. The summed E-state index contributed by atoms with van der Waals surface area (Å²) in [4.78, 5) is 31.5. The van der Waals surface area contributed by atoms with Crippen molar-refractivity contribution >= 4 is 34.3 Å². The molecule has 0 aliphatic heterocycles. The fraction of sp³-hybridized carbons (Fsp3) is 0.100. The molecular formula is C20H16N4O3S. The van der Waals surface area contributed by atoms with E-state index in [-0.39, 0.29) is 5.71 Å². The third kappa shape index (κ3) is 3.37. The highest BCUT2D eigenvalue weighted by Crippen LogP contribution is 2.30. The van der Waals surface area contributed by atoms with Crippen molar-refractivity contribution in [2.24, 2.45) is 0 Å². The van der Waals surface area contributed by atoms with Crippen molar-refractivity contribution in [2.45, 2.75) is 13.8 Å². The van der Waals surface area contributed by atoms with E-state index in [2.05, 4.69) is 21.0 Å². The van der Waals surface area contributed by atoms with Gasteiger partial charge in [-0.15, -0.1) is 11.3 Å². The van der Waals surface area contributed by atoms with Crippen LogP contribution in [0, 0.1) is 13.8 Å². The number of amides is 2. The van der Waals surface area contributed by atoms with Gasteiger partial charge in [-0.3, -0.25) is 20.4 Å². The van der Waals surface area contributed by atoms with Gasteiger partial charge in [-0.25, -0.2) is 4.98 Å². The number of nitrogens with zero attached hydrogens (tertiary/aromatic N) is 2. The fourth-order valence-corrected chi connectivity index (χ4v) is 3.64. The number of nitrogens with one attached hydrogen (secondary N) is 2. The fourth-order valence-electron chi connectivity index (χ4n) is 2.81. The first-order chi connectivity index (χ1) is 13.5. The van der Waals surface area contributed by atoms with Gasteiger partial charge in [-0.05, 0) is 44.2 Å². The number of aromatic nitrogens is 2. The molecule has 3 heterocycles. The van der Waals surface area contributed by atoms with Gasteiger partial charge in [0.1, 0.15) is 0 Å². The summed E-state index contributed by atoms with van der Waals surface area (Å²) >= 11 is 1.57. The minimum atomic E-state index is -0.475. The number of hydrogen-bond donors (Lipinski definition) is 2. The molecular weight excluding hydrogens is 376 g/mol. The first-order valence-corrected chi connectivity index (χ1v) is 9.34. The SMILES string of the molecule is Cc1ccc(-c2cc(C(=O)NNC(=O)c3ccccc3)c3c(C)noc3n2)s1. The van der Waals surface area contributed by atoms with E-state index >= 15 is 0 Å². The van der Waals surface area contributed by atoms with Gasteiger partial charge < -0.3 is 4.52 Å². The second kappa shape index (κ2) is 7.24. The van der Waals surface area contributed by atoms with E-state index in [0.29, 0.717) is 27.9 Å². The van der Waals surface area contributed by atoms with Crippen LogP contribution in [0.2, 0.25) is 0 Å². The maximum atomic E-state index is 12.8. The Labute approximate surface area is 164 Å². The van der Waals surface area contributed by atoms with Gasteiger partial charge in [0.15, 0.2) is 0 Å². The number of carbonyl (C=O) groups excluding carboxylic acids is 2. The van der Waals surface area contributed by atoms with Gasteiger partial charge in [-0.2, -0.15) is 0 Å². The van der Waals surface area contributed by atoms with Crippen LogP contribution in [-0.2, 0) is 0 Å². The van der Waals surface area contributed by atoms with Crippen molar-refractivity contribution in [3.63, 3.8) is 0 Å². The molecule has 0 unspecified atom stereocenters. The number of hydrogen-bond acceptors (Lipinski definition) is 6. The van der Waals surface area contributed by atoms with E-state index in [1.807, 2.05) is 25.1 Å². The molecule has 0 spiro atoms. The average molecular weight is 392 g/mol. The topological polar surface area (TPSA) is 97.1 Å². The zero-order chi connectivity index (χ0) is 19.7. The Hall–Kier alpha value is -3.52. The molecule has 2 amide bonds. The largest absolute Gasteiger partial charge is 0.335 e. The molecule has 140 valence electrons. The number of carbonyl (C=O) groups is 2. The lowest BCUT2D eigenvalue weighted by atomic mass is 10.1. The van der Waals surface area contributed by atoms with Crippen molar-refractivity contribution in [3.8, 4) is 10.6 Å². The Morgan fingerprint density at radius 2 is 1.75 bits per heavy atom. The summed E-state index contributed by atoms with van der Waals surface area (Å²) in [7, 11) is 0. The maximum absolute atomic E-state index is 12.8. The molecule has 28 heavy (non-hydrogen) atoms. The predicted octanol–water partition coefficient (Wildman–Crippen LogP) is 3.64. The molecule has 8 heteroatoms. The van der Waals surface area contributed by atoms with Crippen molar-refractivity contribution in [1.82, 2.24) is 21.0 Å². The number of fused-ring (bicyclic) bond motifs is 1. The molecule has 0 saturated heterocycles. The molecule has 0 bridgehead atoms. The van der Waals surface area contributed by atoms with Crippen molar-refractivity contribution in [1.29, 1.82) is 0 Å². The van der Waals surface area contributed by atoms with E-state index in [0.717, 1.165) is 9.75 Å². The van der Waals surface area contributed by atoms with Crippen LogP contribution in [0.3, 0.4) is 0 Å². The van der Waals surface area contributed by atoms with Crippen LogP contribution in [0.5, 0.6) is 0 Å². The van der Waals surface area contributed by atoms with Gasteiger partial charge >= 0.3 is 0 Å². The average Bonchev–Trinajstić information content (AvgIpc) is 3.31. The maximum Gasteiger partial charge on any atom is 0.270 e. The number of pyridine rings is 1. The third-order valence-corrected chi connectivity index (χ3v) is 5.20. The molecule has 4 aromatic rings. The Balaban J connectivity index is 1.65. The Morgan fingerprint density at radius 1 is 1.00 bits per heavy atom. The molecule has 2 N–H and O–H groups in total. The Bertz CT molecular complexity index is 1180. The lowest BCUT2D eigenvalue weighted by Gasteiger charge is -2.09. The summed E-state index contributed by atoms with van der Waals surface area (Å²) in [6, 6.07) is 14.2. The lowest BCUT2D eigenvalue weighted by Crippen LogP contribution is -2.41. The minimum Gasteiger partial charge on any atom is -0.335 e. The summed E-state index contributed by atoms with van der Waals surface area (Å²) in [5.74, 6) is -0.882. The van der Waals surface area contributed by atoms with Crippen LogP contribution in [0.1, 0.15) is 31.3 Å². The van der Waals surface area contributed by atoms with E-state index in [1.165, 1.54) is 0 Å². The normalized spacial score (nSPS) is 10.8. The molecule has 0 aliphatic rings. The van der Waals surface area contributed by atoms with E-state index in [4.69, 9.17) is 4.52 Å². The molecule has 0 fully saturated rings. The van der Waals surface area contributed by atoms with Gasteiger partial charge in [0, 0.05) is 10.4 Å².